The zero-order valence-corrected chi connectivity index (χ0v) is 40.2. The molecule has 1 aliphatic rings. The minimum atomic E-state index is -0.945. The Labute approximate surface area is 380 Å². The molecule has 7 nitrogen and oxygen atoms in total. The van der Waals surface area contributed by atoms with Crippen molar-refractivity contribution in [3.05, 3.63) is 145 Å². The van der Waals surface area contributed by atoms with Crippen molar-refractivity contribution in [3.8, 4) is 0 Å². The topological polar surface area (TPSA) is 119 Å². The van der Waals surface area contributed by atoms with Crippen molar-refractivity contribution >= 4 is 89.7 Å². The van der Waals surface area contributed by atoms with Crippen LogP contribution >= 0.6 is 54.5 Å². The second-order valence-corrected chi connectivity index (χ2v) is 17.1. The Bertz CT molecular complexity index is 2020. The van der Waals surface area contributed by atoms with Crippen molar-refractivity contribution in [1.82, 2.24) is 0 Å². The standard InChI is InChI=1S/C16H23BO4.C12H10O2.C8H10BrN.C7H6BrI.Na.H/c1-14(2,13(18)19)11-8-7-9-12(10-11)17-20-15(3,4)16(5,6)21-17;1-8-6-7-9-4-2-3-5-10(9)11(8)12(13)14;9-8-3-1-2-7(6-8)4-5-10;8-5-6-1-3-7(9)4-2-6;;/h7-10H,1-6H3,(H,18,19);2-7H,1H3,(H,13,14);1-3,6H,4-5,10H2;1-4H,5H2;;/q;;;;+1;-1. The monoisotopic (exact) mass is 995 g/mol. The molecule has 1 fully saturated rings. The average molecular weight is 997 g/mol. The fourth-order valence-electron chi connectivity index (χ4n) is 5.27. The molecule has 0 unspecified atom stereocenters. The number of carboxylic acids is 2. The molecule has 12 heteroatoms. The van der Waals surface area contributed by atoms with Gasteiger partial charge in [-0.1, -0.05) is 117 Å². The van der Waals surface area contributed by atoms with E-state index in [1.165, 1.54) is 14.7 Å². The summed E-state index contributed by atoms with van der Waals surface area (Å²) in [5.41, 5.74) is 9.05. The molecule has 0 spiro atoms. The third kappa shape index (κ3) is 14.1. The van der Waals surface area contributed by atoms with E-state index in [0.717, 1.165) is 50.1 Å². The second-order valence-electron chi connectivity index (χ2n) is 14.4. The molecule has 1 heterocycles. The number of aliphatic carboxylic acids is 1. The molecule has 5 aromatic rings. The average Bonchev–Trinajstić information content (AvgIpc) is 3.35. The van der Waals surface area contributed by atoms with Crippen LogP contribution in [0.25, 0.3) is 10.8 Å². The van der Waals surface area contributed by atoms with Gasteiger partial charge < -0.3 is 26.7 Å². The molecule has 0 saturated carbocycles. The van der Waals surface area contributed by atoms with Gasteiger partial charge in [0.05, 0.1) is 22.2 Å². The van der Waals surface area contributed by atoms with Crippen LogP contribution in [0.2, 0.25) is 0 Å². The molecule has 0 aromatic heterocycles. The van der Waals surface area contributed by atoms with Gasteiger partial charge in [0.15, 0.2) is 0 Å². The summed E-state index contributed by atoms with van der Waals surface area (Å²) in [4.78, 5) is 22.4. The molecule has 6 rings (SSSR count). The molecule has 55 heavy (non-hydrogen) atoms. The summed E-state index contributed by atoms with van der Waals surface area (Å²) in [5.74, 6) is -1.71. The molecule has 0 bridgehead atoms. The molecule has 4 N–H and O–H groups in total. The summed E-state index contributed by atoms with van der Waals surface area (Å²) >= 11 is 9.07. The molecule has 1 aliphatic heterocycles. The first-order valence-electron chi connectivity index (χ1n) is 17.5. The molecular weight excluding hydrogens is 947 g/mol. The van der Waals surface area contributed by atoms with Gasteiger partial charge in [0, 0.05) is 13.4 Å². The van der Waals surface area contributed by atoms with E-state index >= 15 is 0 Å². The molecule has 5 aromatic carbocycles. The number of benzene rings is 5. The molecule has 0 radical (unpaired) electrons. The van der Waals surface area contributed by atoms with Crippen LogP contribution in [0.4, 0.5) is 0 Å². The van der Waals surface area contributed by atoms with E-state index in [0.29, 0.717) is 5.56 Å². The molecule has 0 amide bonds. The van der Waals surface area contributed by atoms with Crippen molar-refractivity contribution in [2.24, 2.45) is 5.73 Å². The van der Waals surface area contributed by atoms with Crippen LogP contribution in [0.1, 0.15) is 75.6 Å². The predicted molar refractivity (Wildman–Crippen MR) is 238 cm³/mol. The van der Waals surface area contributed by atoms with E-state index in [1.807, 2.05) is 107 Å². The quantitative estimate of drug-likeness (QED) is 0.0882. The number of fused-ring (bicyclic) bond motifs is 1. The number of hydrogen-bond donors (Lipinski definition) is 3. The first-order chi connectivity index (χ1) is 25.3. The van der Waals surface area contributed by atoms with Gasteiger partial charge in [-0.3, -0.25) is 4.79 Å². The Morgan fingerprint density at radius 2 is 1.44 bits per heavy atom. The second kappa shape index (κ2) is 22.2. The first kappa shape index (κ1) is 49.1. The van der Waals surface area contributed by atoms with E-state index in [-0.39, 0.29) is 31.0 Å². The summed E-state index contributed by atoms with van der Waals surface area (Å²) in [6.07, 6.45) is 0.958. The van der Waals surface area contributed by atoms with Crippen molar-refractivity contribution in [3.63, 3.8) is 0 Å². The Balaban J connectivity index is 0.000000390. The minimum Gasteiger partial charge on any atom is -1.00 e. The predicted octanol–water partition coefficient (Wildman–Crippen LogP) is 7.45. The zero-order chi connectivity index (χ0) is 40.3. The van der Waals surface area contributed by atoms with Gasteiger partial charge in [-0.25, -0.2) is 4.79 Å². The summed E-state index contributed by atoms with van der Waals surface area (Å²) in [6.45, 7) is 13.9. The van der Waals surface area contributed by atoms with Crippen LogP contribution in [-0.4, -0.2) is 47.0 Å². The number of carbonyl (C=O) groups is 2. The Morgan fingerprint density at radius 1 is 0.836 bits per heavy atom. The third-order valence-corrected chi connectivity index (χ3v) is 11.3. The fourth-order valence-corrected chi connectivity index (χ4v) is 6.45. The number of alkyl halides is 1. The van der Waals surface area contributed by atoms with E-state index in [4.69, 9.17) is 20.1 Å². The van der Waals surface area contributed by atoms with Gasteiger partial charge in [-0.2, -0.15) is 0 Å². The van der Waals surface area contributed by atoms with Crippen LogP contribution < -0.4 is 40.8 Å². The van der Waals surface area contributed by atoms with Crippen LogP contribution in [0.3, 0.4) is 0 Å². The largest absolute Gasteiger partial charge is 1.00 e. The van der Waals surface area contributed by atoms with Gasteiger partial charge in [0.25, 0.3) is 0 Å². The Morgan fingerprint density at radius 3 is 1.98 bits per heavy atom. The van der Waals surface area contributed by atoms with Crippen molar-refractivity contribution < 1.29 is 60.1 Å². The van der Waals surface area contributed by atoms with Gasteiger partial charge in [0.2, 0.25) is 0 Å². The number of aromatic carboxylic acids is 1. The summed E-state index contributed by atoms with van der Waals surface area (Å²) in [6, 6.07) is 35.4. The van der Waals surface area contributed by atoms with Gasteiger partial charge in [0.1, 0.15) is 0 Å². The maximum Gasteiger partial charge on any atom is 1.00 e. The Hall–Kier alpha value is -2.07. The summed E-state index contributed by atoms with van der Waals surface area (Å²) in [7, 11) is -0.473. The van der Waals surface area contributed by atoms with Gasteiger partial charge in [-0.05, 0) is 147 Å². The van der Waals surface area contributed by atoms with Crippen LogP contribution in [-0.2, 0) is 31.3 Å². The first-order valence-corrected chi connectivity index (χ1v) is 20.5. The van der Waals surface area contributed by atoms with E-state index in [1.54, 1.807) is 13.8 Å². The molecule has 0 atom stereocenters. The normalized spacial score (nSPS) is 13.8. The van der Waals surface area contributed by atoms with Crippen LogP contribution in [0.15, 0.2) is 114 Å². The van der Waals surface area contributed by atoms with Crippen molar-refractivity contribution in [2.45, 2.75) is 76.8 Å². The number of hydrogen-bond acceptors (Lipinski definition) is 5. The maximum atomic E-state index is 11.4. The fraction of sp³-hybridized carbons (Fsp3) is 0.302. The van der Waals surface area contributed by atoms with Crippen LogP contribution in [0.5, 0.6) is 0 Å². The number of rotatable bonds is 7. The number of aryl methyl sites for hydroxylation is 1. The number of halogens is 3. The summed E-state index contributed by atoms with van der Waals surface area (Å²) in [5, 5.41) is 21.1. The van der Waals surface area contributed by atoms with Gasteiger partial charge >= 0.3 is 48.6 Å². The molecule has 0 aliphatic carbocycles. The molecule has 288 valence electrons. The third-order valence-electron chi connectivity index (χ3n) is 9.41. The Kier molecular flexibility index (Phi) is 19.8. The SMILES string of the molecule is BrCc1ccc(I)cc1.CC(C)(C(=O)O)c1cccc(B2OC(C)(C)C(C)(C)O2)c1.Cc1ccc2ccccc2c1C(=O)O.NCCc1cccc(Br)c1.[H-].[Na+]. The molecular formula is C43H50BBr2INNaO6. The van der Waals surface area contributed by atoms with Gasteiger partial charge in [-0.15, -0.1) is 0 Å². The smallest absolute Gasteiger partial charge is 1.00 e. The number of carboxylic acid groups (broad SMARTS) is 2. The van der Waals surface area contributed by atoms with E-state index in [2.05, 4.69) is 90.8 Å². The van der Waals surface area contributed by atoms with Crippen LogP contribution in [0, 0.1) is 10.5 Å². The summed E-state index contributed by atoms with van der Waals surface area (Å²) < 4.78 is 14.4. The van der Waals surface area contributed by atoms with E-state index in [9.17, 15) is 14.7 Å². The zero-order valence-electron chi connectivity index (χ0n) is 33.8. The molecule has 1 saturated heterocycles. The van der Waals surface area contributed by atoms with Crippen molar-refractivity contribution in [2.75, 3.05) is 6.54 Å². The van der Waals surface area contributed by atoms with E-state index < -0.39 is 35.7 Å². The van der Waals surface area contributed by atoms with Crippen molar-refractivity contribution in [1.29, 1.82) is 0 Å². The number of nitrogens with two attached hydrogens (primary N) is 1. The maximum absolute atomic E-state index is 11.4. The minimum absolute atomic E-state index is 0.